The number of ether oxygens (including phenoxy) is 1. The van der Waals surface area contributed by atoms with Crippen LogP contribution in [0.1, 0.15) is 11.1 Å². The summed E-state index contributed by atoms with van der Waals surface area (Å²) in [4.78, 5) is 26.2. The summed E-state index contributed by atoms with van der Waals surface area (Å²) in [7, 11) is 0. The van der Waals surface area contributed by atoms with Crippen molar-refractivity contribution in [2.75, 3.05) is 43.0 Å². The van der Waals surface area contributed by atoms with Gasteiger partial charge in [0, 0.05) is 37.6 Å². The smallest absolute Gasteiger partial charge is 0.471 e. The van der Waals surface area contributed by atoms with Crippen LogP contribution in [0.25, 0.3) is 0 Å². The zero-order chi connectivity index (χ0) is 22.6. The topological polar surface area (TPSA) is 61.9 Å². The van der Waals surface area contributed by atoms with Crippen LogP contribution >= 0.6 is 0 Å². The average Bonchev–Trinajstić information content (AvgIpc) is 2.74. The van der Waals surface area contributed by atoms with Crippen molar-refractivity contribution < 1.29 is 27.5 Å². The number of amides is 2. The van der Waals surface area contributed by atoms with Gasteiger partial charge in [-0.1, -0.05) is 6.07 Å². The molecule has 6 nitrogen and oxygen atoms in total. The van der Waals surface area contributed by atoms with Gasteiger partial charge >= 0.3 is 12.1 Å². The first-order valence-electron chi connectivity index (χ1n) is 9.84. The van der Waals surface area contributed by atoms with E-state index in [9.17, 15) is 22.8 Å². The van der Waals surface area contributed by atoms with E-state index in [0.717, 1.165) is 21.7 Å². The van der Waals surface area contributed by atoms with Crippen molar-refractivity contribution in [3.8, 4) is 5.75 Å². The van der Waals surface area contributed by atoms with E-state index in [2.05, 4.69) is 5.32 Å². The lowest BCUT2D eigenvalue weighted by Gasteiger charge is -2.36. The minimum Gasteiger partial charge on any atom is -0.484 e. The number of halogens is 3. The highest BCUT2D eigenvalue weighted by molar-refractivity contribution is 5.92. The first kappa shape index (κ1) is 22.5. The van der Waals surface area contributed by atoms with Crippen LogP contribution in [-0.2, 0) is 9.59 Å². The lowest BCUT2D eigenvalue weighted by atomic mass is 10.1. The predicted octanol–water partition coefficient (Wildman–Crippen LogP) is 3.53. The van der Waals surface area contributed by atoms with E-state index >= 15 is 0 Å². The quantitative estimate of drug-likeness (QED) is 0.781. The SMILES string of the molecule is Cc1ccc(OCC(=O)Nc2ccc(N3CCN(C(=O)C(F)(F)F)CC3)cc2)cc1C. The summed E-state index contributed by atoms with van der Waals surface area (Å²) in [6.45, 7) is 4.46. The third-order valence-electron chi connectivity index (χ3n) is 5.17. The van der Waals surface area contributed by atoms with Gasteiger partial charge in [0.25, 0.3) is 5.91 Å². The maximum Gasteiger partial charge on any atom is 0.471 e. The number of rotatable bonds is 5. The van der Waals surface area contributed by atoms with E-state index in [1.807, 2.05) is 36.9 Å². The third kappa shape index (κ3) is 5.90. The molecule has 0 atom stereocenters. The molecule has 0 bridgehead atoms. The van der Waals surface area contributed by atoms with Gasteiger partial charge in [0.2, 0.25) is 0 Å². The molecule has 1 N–H and O–H groups in total. The monoisotopic (exact) mass is 435 g/mol. The van der Waals surface area contributed by atoms with Crippen molar-refractivity contribution >= 4 is 23.2 Å². The van der Waals surface area contributed by atoms with Gasteiger partial charge in [-0.3, -0.25) is 9.59 Å². The molecule has 1 fully saturated rings. The third-order valence-corrected chi connectivity index (χ3v) is 5.17. The van der Waals surface area contributed by atoms with Crippen molar-refractivity contribution in [1.29, 1.82) is 0 Å². The second-order valence-electron chi connectivity index (χ2n) is 7.41. The Balaban J connectivity index is 1.48. The van der Waals surface area contributed by atoms with Crippen LogP contribution in [0.15, 0.2) is 42.5 Å². The van der Waals surface area contributed by atoms with Gasteiger partial charge in [0.1, 0.15) is 5.75 Å². The number of benzene rings is 2. The predicted molar refractivity (Wildman–Crippen MR) is 111 cm³/mol. The van der Waals surface area contributed by atoms with E-state index in [0.29, 0.717) is 24.5 Å². The van der Waals surface area contributed by atoms with Gasteiger partial charge in [0.15, 0.2) is 6.61 Å². The molecule has 166 valence electrons. The zero-order valence-electron chi connectivity index (χ0n) is 17.3. The first-order valence-corrected chi connectivity index (χ1v) is 9.84. The molecule has 0 saturated carbocycles. The minimum atomic E-state index is -4.84. The standard InChI is InChI=1S/C22H24F3N3O3/c1-15-3-8-19(13-16(15)2)31-14-20(29)26-17-4-6-18(7-5-17)27-9-11-28(12-10-27)21(30)22(23,24)25/h3-8,13H,9-12,14H2,1-2H3,(H,26,29). The highest BCUT2D eigenvalue weighted by Crippen LogP contribution is 2.23. The van der Waals surface area contributed by atoms with Crippen LogP contribution in [0.3, 0.4) is 0 Å². The Kier molecular flexibility index (Phi) is 6.72. The summed E-state index contributed by atoms with van der Waals surface area (Å²) in [5.74, 6) is -1.48. The molecule has 0 radical (unpaired) electrons. The number of carbonyl (C=O) groups excluding carboxylic acids is 2. The molecule has 0 unspecified atom stereocenters. The number of anilines is 2. The van der Waals surface area contributed by atoms with Crippen molar-refractivity contribution in [1.82, 2.24) is 4.90 Å². The number of carbonyl (C=O) groups is 2. The summed E-state index contributed by atoms with van der Waals surface area (Å²) in [5, 5.41) is 2.75. The van der Waals surface area contributed by atoms with E-state index < -0.39 is 12.1 Å². The molecule has 1 aliphatic heterocycles. The fourth-order valence-corrected chi connectivity index (χ4v) is 3.25. The lowest BCUT2D eigenvalue weighted by molar-refractivity contribution is -0.185. The van der Waals surface area contributed by atoms with Crippen molar-refractivity contribution in [2.24, 2.45) is 0 Å². The Morgan fingerprint density at radius 2 is 1.61 bits per heavy atom. The fraction of sp³-hybridized carbons (Fsp3) is 0.364. The van der Waals surface area contributed by atoms with Crippen molar-refractivity contribution in [3.63, 3.8) is 0 Å². The largest absolute Gasteiger partial charge is 0.484 e. The van der Waals surface area contributed by atoms with E-state index in [4.69, 9.17) is 4.74 Å². The second kappa shape index (κ2) is 9.28. The van der Waals surface area contributed by atoms with Crippen LogP contribution in [0.4, 0.5) is 24.5 Å². The molecule has 1 aliphatic rings. The number of hydrogen-bond donors (Lipinski definition) is 1. The summed E-state index contributed by atoms with van der Waals surface area (Å²) in [6, 6.07) is 12.6. The molecule has 2 amide bonds. The lowest BCUT2D eigenvalue weighted by Crippen LogP contribution is -2.52. The molecule has 31 heavy (non-hydrogen) atoms. The van der Waals surface area contributed by atoms with Gasteiger partial charge in [-0.25, -0.2) is 0 Å². The molecule has 2 aromatic rings. The average molecular weight is 435 g/mol. The molecule has 9 heteroatoms. The first-order chi connectivity index (χ1) is 14.6. The van der Waals surface area contributed by atoms with Gasteiger partial charge in [-0.2, -0.15) is 13.2 Å². The Morgan fingerprint density at radius 3 is 2.19 bits per heavy atom. The number of alkyl halides is 3. The highest BCUT2D eigenvalue weighted by atomic mass is 19.4. The second-order valence-corrected chi connectivity index (χ2v) is 7.41. The maximum atomic E-state index is 12.5. The van der Waals surface area contributed by atoms with Crippen LogP contribution in [0.2, 0.25) is 0 Å². The molecular formula is C22H24F3N3O3. The van der Waals surface area contributed by atoms with E-state index in [1.54, 1.807) is 24.3 Å². The Morgan fingerprint density at radius 1 is 0.968 bits per heavy atom. The molecule has 1 saturated heterocycles. The molecule has 0 aliphatic carbocycles. The molecule has 0 spiro atoms. The highest BCUT2D eigenvalue weighted by Gasteiger charge is 2.43. The van der Waals surface area contributed by atoms with Crippen molar-refractivity contribution in [2.45, 2.75) is 20.0 Å². The molecule has 2 aromatic carbocycles. The Bertz CT molecular complexity index is 937. The maximum absolute atomic E-state index is 12.5. The molecular weight excluding hydrogens is 411 g/mol. The van der Waals surface area contributed by atoms with E-state index in [-0.39, 0.29) is 25.6 Å². The molecule has 0 aromatic heterocycles. The summed E-state index contributed by atoms with van der Waals surface area (Å²) >= 11 is 0. The van der Waals surface area contributed by atoms with Crippen LogP contribution in [-0.4, -0.2) is 55.7 Å². The minimum absolute atomic E-state index is 0.00660. The summed E-state index contributed by atoms with van der Waals surface area (Å²) < 4.78 is 43.1. The van der Waals surface area contributed by atoms with Gasteiger partial charge < -0.3 is 19.9 Å². The van der Waals surface area contributed by atoms with Crippen molar-refractivity contribution in [3.05, 3.63) is 53.6 Å². The fourth-order valence-electron chi connectivity index (χ4n) is 3.25. The van der Waals surface area contributed by atoms with Crippen LogP contribution < -0.4 is 15.0 Å². The molecule has 1 heterocycles. The Labute approximate surface area is 178 Å². The summed E-state index contributed by atoms with van der Waals surface area (Å²) in [6.07, 6.45) is -4.84. The van der Waals surface area contributed by atoms with Gasteiger partial charge in [0.05, 0.1) is 0 Å². The number of aryl methyl sites for hydroxylation is 2. The van der Waals surface area contributed by atoms with Crippen LogP contribution in [0, 0.1) is 13.8 Å². The number of nitrogens with one attached hydrogen (secondary N) is 1. The van der Waals surface area contributed by atoms with E-state index in [1.165, 1.54) is 0 Å². The summed E-state index contributed by atoms with van der Waals surface area (Å²) in [5.41, 5.74) is 3.62. The van der Waals surface area contributed by atoms with Gasteiger partial charge in [-0.05, 0) is 61.4 Å². The number of hydrogen-bond acceptors (Lipinski definition) is 4. The zero-order valence-corrected chi connectivity index (χ0v) is 17.3. The van der Waals surface area contributed by atoms with Gasteiger partial charge in [-0.15, -0.1) is 0 Å². The van der Waals surface area contributed by atoms with Crippen LogP contribution in [0.5, 0.6) is 5.75 Å². The Hall–Kier alpha value is -3.23. The number of piperazine rings is 1. The number of nitrogens with zero attached hydrogens (tertiary/aromatic N) is 2. The molecule has 3 rings (SSSR count). The normalized spacial score (nSPS) is 14.4.